The van der Waals surface area contributed by atoms with E-state index in [0.717, 1.165) is 5.56 Å². The van der Waals surface area contributed by atoms with E-state index in [1.807, 2.05) is 30.3 Å². The zero-order chi connectivity index (χ0) is 16.6. The Balaban J connectivity index is 2.82. The van der Waals surface area contributed by atoms with E-state index < -0.39 is 23.5 Å². The number of carbonyl (C=O) groups excluding carboxylic acids is 2. The summed E-state index contributed by atoms with van der Waals surface area (Å²) in [6.07, 6.45) is 0.303. The second-order valence-electron chi connectivity index (χ2n) is 5.73. The Hall–Kier alpha value is -2.53. The standard InChI is InChI=1S/C15H20N4O3/c1-15(2,3)22-14(21)12(18-13(20)10-17-19-16)9-11-7-5-4-6-8-11/h4-8,12H,9-10H2,1-3H3,(H,18,20)/t12-/m1/s1. The molecule has 0 unspecified atom stereocenters. The largest absolute Gasteiger partial charge is 0.458 e. The maximum atomic E-state index is 12.2. The first-order valence-corrected chi connectivity index (χ1v) is 6.89. The van der Waals surface area contributed by atoms with Crippen molar-refractivity contribution in [2.75, 3.05) is 6.54 Å². The Morgan fingerprint density at radius 2 is 1.95 bits per heavy atom. The summed E-state index contributed by atoms with van der Waals surface area (Å²) in [5.74, 6) is -1.05. The number of amides is 1. The second-order valence-corrected chi connectivity index (χ2v) is 5.73. The summed E-state index contributed by atoms with van der Waals surface area (Å²) in [6, 6.07) is 8.45. The summed E-state index contributed by atoms with van der Waals surface area (Å²) in [4.78, 5) is 26.4. The Bertz CT molecular complexity index is 560. The van der Waals surface area contributed by atoms with Gasteiger partial charge in [0.25, 0.3) is 0 Å². The summed E-state index contributed by atoms with van der Waals surface area (Å²) >= 11 is 0. The van der Waals surface area contributed by atoms with Gasteiger partial charge in [0.1, 0.15) is 18.2 Å². The maximum Gasteiger partial charge on any atom is 0.329 e. The molecule has 0 fully saturated rings. The van der Waals surface area contributed by atoms with Crippen molar-refractivity contribution in [3.05, 3.63) is 46.3 Å². The predicted octanol–water partition coefficient (Wildman–Crippen LogP) is 2.37. The van der Waals surface area contributed by atoms with Crippen LogP contribution in [0.2, 0.25) is 0 Å². The fourth-order valence-electron chi connectivity index (χ4n) is 1.75. The molecule has 0 saturated heterocycles. The topological polar surface area (TPSA) is 104 Å². The molecule has 118 valence electrons. The van der Waals surface area contributed by atoms with Gasteiger partial charge in [0.2, 0.25) is 5.91 Å². The first-order chi connectivity index (χ1) is 10.3. The van der Waals surface area contributed by atoms with Crippen LogP contribution < -0.4 is 5.32 Å². The van der Waals surface area contributed by atoms with Crippen molar-refractivity contribution in [3.8, 4) is 0 Å². The van der Waals surface area contributed by atoms with Gasteiger partial charge in [-0.25, -0.2) is 4.79 Å². The molecule has 1 aromatic carbocycles. The van der Waals surface area contributed by atoms with E-state index in [1.165, 1.54) is 0 Å². The third-order valence-corrected chi connectivity index (χ3v) is 2.59. The molecule has 0 aliphatic rings. The van der Waals surface area contributed by atoms with Crippen LogP contribution in [0.25, 0.3) is 10.4 Å². The minimum atomic E-state index is -0.831. The average Bonchev–Trinajstić information content (AvgIpc) is 2.43. The molecule has 1 aromatic rings. The molecule has 0 bridgehead atoms. The number of nitrogens with zero attached hydrogens (tertiary/aromatic N) is 3. The molecule has 1 atom stereocenters. The molecule has 0 aromatic heterocycles. The minimum Gasteiger partial charge on any atom is -0.458 e. The molecule has 1 amide bonds. The van der Waals surface area contributed by atoms with Crippen LogP contribution in [0.1, 0.15) is 26.3 Å². The first-order valence-electron chi connectivity index (χ1n) is 6.89. The van der Waals surface area contributed by atoms with E-state index in [9.17, 15) is 9.59 Å². The number of benzene rings is 1. The Morgan fingerprint density at radius 1 is 1.32 bits per heavy atom. The van der Waals surface area contributed by atoms with E-state index >= 15 is 0 Å². The Morgan fingerprint density at radius 3 is 2.50 bits per heavy atom. The van der Waals surface area contributed by atoms with Crippen molar-refractivity contribution in [1.82, 2.24) is 5.32 Å². The maximum absolute atomic E-state index is 12.2. The van der Waals surface area contributed by atoms with Crippen molar-refractivity contribution in [2.45, 2.75) is 38.8 Å². The van der Waals surface area contributed by atoms with Crippen molar-refractivity contribution < 1.29 is 14.3 Å². The number of carbonyl (C=O) groups is 2. The Kier molecular flexibility index (Phi) is 6.41. The van der Waals surface area contributed by atoms with Gasteiger partial charge >= 0.3 is 5.97 Å². The third kappa shape index (κ3) is 6.76. The number of azide groups is 1. The molecular formula is C15H20N4O3. The lowest BCUT2D eigenvalue weighted by Gasteiger charge is -2.24. The summed E-state index contributed by atoms with van der Waals surface area (Å²) in [6.45, 7) is 4.91. The number of nitrogens with one attached hydrogen (secondary N) is 1. The highest BCUT2D eigenvalue weighted by molar-refractivity contribution is 5.85. The molecular weight excluding hydrogens is 284 g/mol. The van der Waals surface area contributed by atoms with Gasteiger partial charge in [-0.2, -0.15) is 0 Å². The highest BCUT2D eigenvalue weighted by Crippen LogP contribution is 2.11. The van der Waals surface area contributed by atoms with Crippen LogP contribution in [0, 0.1) is 0 Å². The molecule has 0 aliphatic carbocycles. The first kappa shape index (κ1) is 17.5. The molecule has 0 spiro atoms. The lowest BCUT2D eigenvalue weighted by molar-refractivity contribution is -0.158. The summed E-state index contributed by atoms with van der Waals surface area (Å²) in [7, 11) is 0. The van der Waals surface area contributed by atoms with Gasteiger partial charge in [0.05, 0.1) is 0 Å². The molecule has 1 N–H and O–H groups in total. The summed E-state index contributed by atoms with van der Waals surface area (Å²) < 4.78 is 5.32. The van der Waals surface area contributed by atoms with E-state index in [1.54, 1.807) is 20.8 Å². The number of hydrogen-bond donors (Lipinski definition) is 1. The monoisotopic (exact) mass is 304 g/mol. The van der Waals surface area contributed by atoms with Crippen molar-refractivity contribution in [3.63, 3.8) is 0 Å². The van der Waals surface area contributed by atoms with Crippen LogP contribution in [0.15, 0.2) is 35.4 Å². The lowest BCUT2D eigenvalue weighted by atomic mass is 10.1. The number of ether oxygens (including phenoxy) is 1. The summed E-state index contributed by atoms with van der Waals surface area (Å²) in [5.41, 5.74) is 8.47. The van der Waals surface area contributed by atoms with Crippen molar-refractivity contribution in [1.29, 1.82) is 0 Å². The van der Waals surface area contributed by atoms with Crippen molar-refractivity contribution >= 4 is 11.9 Å². The third-order valence-electron chi connectivity index (χ3n) is 2.59. The van der Waals surface area contributed by atoms with Gasteiger partial charge in [-0.3, -0.25) is 4.79 Å². The number of hydrogen-bond acceptors (Lipinski definition) is 4. The van der Waals surface area contributed by atoms with Gasteiger partial charge in [0.15, 0.2) is 0 Å². The zero-order valence-corrected chi connectivity index (χ0v) is 12.9. The molecule has 7 heteroatoms. The van der Waals surface area contributed by atoms with E-state index in [2.05, 4.69) is 15.3 Å². The average molecular weight is 304 g/mol. The SMILES string of the molecule is CC(C)(C)OC(=O)[C@@H](Cc1ccccc1)NC(=O)CN=[N+]=[N-]. The highest BCUT2D eigenvalue weighted by atomic mass is 16.6. The van der Waals surface area contributed by atoms with Gasteiger partial charge in [-0.15, -0.1) is 0 Å². The normalized spacial score (nSPS) is 12.0. The van der Waals surface area contributed by atoms with Crippen LogP contribution >= 0.6 is 0 Å². The van der Waals surface area contributed by atoms with Crippen LogP contribution in [-0.2, 0) is 20.7 Å². The molecule has 7 nitrogen and oxygen atoms in total. The van der Waals surface area contributed by atoms with Crippen LogP contribution in [-0.4, -0.2) is 30.1 Å². The van der Waals surface area contributed by atoms with Crippen molar-refractivity contribution in [2.24, 2.45) is 5.11 Å². The van der Waals surface area contributed by atoms with Crippen LogP contribution in [0.5, 0.6) is 0 Å². The molecule has 0 radical (unpaired) electrons. The fraction of sp³-hybridized carbons (Fsp3) is 0.467. The second kappa shape index (κ2) is 8.05. The van der Waals surface area contributed by atoms with Gasteiger partial charge in [0, 0.05) is 11.3 Å². The van der Waals surface area contributed by atoms with Gasteiger partial charge < -0.3 is 10.1 Å². The van der Waals surface area contributed by atoms with Crippen LogP contribution in [0.3, 0.4) is 0 Å². The quantitative estimate of drug-likeness (QED) is 0.377. The molecule has 1 rings (SSSR count). The molecule has 0 heterocycles. The van der Waals surface area contributed by atoms with E-state index in [0.29, 0.717) is 6.42 Å². The number of rotatable bonds is 6. The molecule has 0 saturated carbocycles. The molecule has 22 heavy (non-hydrogen) atoms. The molecule has 0 aliphatic heterocycles. The van der Waals surface area contributed by atoms with Gasteiger partial charge in [-0.05, 0) is 31.9 Å². The van der Waals surface area contributed by atoms with Gasteiger partial charge in [-0.1, -0.05) is 35.4 Å². The fourth-order valence-corrected chi connectivity index (χ4v) is 1.75. The van der Waals surface area contributed by atoms with E-state index in [4.69, 9.17) is 10.3 Å². The lowest BCUT2D eigenvalue weighted by Crippen LogP contribution is -2.46. The predicted molar refractivity (Wildman–Crippen MR) is 81.9 cm³/mol. The zero-order valence-electron chi connectivity index (χ0n) is 12.9. The number of esters is 1. The Labute approximate surface area is 129 Å². The minimum absolute atomic E-state index is 0.303. The van der Waals surface area contributed by atoms with E-state index in [-0.39, 0.29) is 6.54 Å². The van der Waals surface area contributed by atoms with Crippen LogP contribution in [0.4, 0.5) is 0 Å². The smallest absolute Gasteiger partial charge is 0.329 e. The summed E-state index contributed by atoms with van der Waals surface area (Å²) in [5, 5.41) is 5.73. The highest BCUT2D eigenvalue weighted by Gasteiger charge is 2.26.